The lowest BCUT2D eigenvalue weighted by Gasteiger charge is -2.25. The summed E-state index contributed by atoms with van der Waals surface area (Å²) in [6.45, 7) is 1.95. The summed E-state index contributed by atoms with van der Waals surface area (Å²) in [7, 11) is 0. The highest BCUT2D eigenvalue weighted by Gasteiger charge is 2.35. The number of ether oxygens (including phenoxy) is 1. The SMILES string of the molecule is CCOC(=O)C1=C(c2ccccc2)N=c2s/c(=C\c3cc(I)cc(I)c3O)c(=O)n2[C@@H]1c1ccccc1. The van der Waals surface area contributed by atoms with Crippen LogP contribution in [0.25, 0.3) is 11.8 Å². The van der Waals surface area contributed by atoms with Crippen LogP contribution < -0.4 is 14.9 Å². The first-order chi connectivity index (χ1) is 17.9. The van der Waals surface area contributed by atoms with Gasteiger partial charge in [-0.25, -0.2) is 9.79 Å². The summed E-state index contributed by atoms with van der Waals surface area (Å²) in [5.74, 6) is -0.401. The van der Waals surface area contributed by atoms with E-state index in [0.29, 0.717) is 29.7 Å². The zero-order valence-electron chi connectivity index (χ0n) is 19.5. The van der Waals surface area contributed by atoms with Crippen LogP contribution in [0.4, 0.5) is 0 Å². The predicted octanol–water partition coefficient (Wildman–Crippen LogP) is 4.85. The molecule has 0 radical (unpaired) electrons. The summed E-state index contributed by atoms with van der Waals surface area (Å²) in [4.78, 5) is 32.6. The van der Waals surface area contributed by atoms with Crippen LogP contribution in [0.1, 0.15) is 29.7 Å². The molecule has 2 heterocycles. The molecule has 186 valence electrons. The highest BCUT2D eigenvalue weighted by atomic mass is 127. The molecule has 0 unspecified atom stereocenters. The van der Waals surface area contributed by atoms with Crippen LogP contribution in [0.5, 0.6) is 5.75 Å². The Morgan fingerprint density at radius 1 is 1.11 bits per heavy atom. The maximum absolute atomic E-state index is 13.9. The Balaban J connectivity index is 1.84. The number of halogens is 2. The molecule has 4 aromatic rings. The Kier molecular flexibility index (Phi) is 7.63. The average molecular weight is 734 g/mol. The topological polar surface area (TPSA) is 80.9 Å². The van der Waals surface area contributed by atoms with Crippen molar-refractivity contribution >= 4 is 74.3 Å². The summed E-state index contributed by atoms with van der Waals surface area (Å²) < 4.78 is 9.07. The minimum Gasteiger partial charge on any atom is -0.506 e. The van der Waals surface area contributed by atoms with Crippen LogP contribution in [0.3, 0.4) is 0 Å². The van der Waals surface area contributed by atoms with Gasteiger partial charge in [0, 0.05) is 14.7 Å². The third kappa shape index (κ3) is 5.04. The van der Waals surface area contributed by atoms with Gasteiger partial charge in [0.1, 0.15) is 5.75 Å². The molecule has 1 aliphatic rings. The van der Waals surface area contributed by atoms with Crippen molar-refractivity contribution in [3.8, 4) is 5.75 Å². The van der Waals surface area contributed by atoms with Crippen molar-refractivity contribution in [2.75, 3.05) is 6.61 Å². The Labute approximate surface area is 243 Å². The van der Waals surface area contributed by atoms with Crippen LogP contribution in [0, 0.1) is 7.14 Å². The Morgan fingerprint density at radius 3 is 2.46 bits per heavy atom. The molecule has 6 nitrogen and oxygen atoms in total. The number of rotatable bonds is 5. The largest absolute Gasteiger partial charge is 0.506 e. The molecule has 0 spiro atoms. The highest BCUT2D eigenvalue weighted by Crippen LogP contribution is 2.35. The second-order valence-electron chi connectivity index (χ2n) is 8.17. The second kappa shape index (κ2) is 10.9. The first-order valence-electron chi connectivity index (χ1n) is 11.4. The zero-order valence-corrected chi connectivity index (χ0v) is 24.7. The molecule has 0 saturated carbocycles. The highest BCUT2D eigenvalue weighted by molar-refractivity contribution is 14.1. The summed E-state index contributed by atoms with van der Waals surface area (Å²) in [5.41, 5.74) is 2.57. The fraction of sp³-hybridized carbons (Fsp3) is 0.107. The van der Waals surface area contributed by atoms with E-state index < -0.39 is 12.0 Å². The van der Waals surface area contributed by atoms with Gasteiger partial charge in [-0.3, -0.25) is 9.36 Å². The van der Waals surface area contributed by atoms with Gasteiger partial charge in [-0.2, -0.15) is 0 Å². The number of fused-ring (bicyclic) bond motifs is 1. The molecule has 0 fully saturated rings. The first-order valence-corrected chi connectivity index (χ1v) is 14.4. The number of carbonyl (C=O) groups is 1. The summed E-state index contributed by atoms with van der Waals surface area (Å²) in [5, 5.41) is 10.6. The summed E-state index contributed by atoms with van der Waals surface area (Å²) in [6, 6.07) is 21.8. The number of hydrogen-bond donors (Lipinski definition) is 1. The zero-order chi connectivity index (χ0) is 26.1. The number of aromatic hydroxyl groups is 1. The molecule has 1 N–H and O–H groups in total. The van der Waals surface area contributed by atoms with Crippen LogP contribution in [-0.2, 0) is 9.53 Å². The summed E-state index contributed by atoms with van der Waals surface area (Å²) >= 11 is 5.48. The van der Waals surface area contributed by atoms with Crippen LogP contribution in [0.2, 0.25) is 0 Å². The standard InChI is InChI=1S/C28H20I2N2O4S/c1-2-36-27(35)22-23(16-9-5-3-6-10-16)31-28-32(24(22)17-11-7-4-8-12-17)26(34)21(37-28)14-18-13-19(29)15-20(30)25(18)33/h3-15,24,33H,2H2,1H3/b21-14-/t24-/m1/s1. The molecule has 1 aromatic heterocycles. The van der Waals surface area contributed by atoms with Gasteiger partial charge in [0.15, 0.2) is 4.80 Å². The van der Waals surface area contributed by atoms with E-state index in [1.54, 1.807) is 17.6 Å². The van der Waals surface area contributed by atoms with E-state index in [1.165, 1.54) is 11.3 Å². The van der Waals surface area contributed by atoms with E-state index in [4.69, 9.17) is 9.73 Å². The van der Waals surface area contributed by atoms with Crippen molar-refractivity contribution in [2.45, 2.75) is 13.0 Å². The van der Waals surface area contributed by atoms with E-state index in [1.807, 2.05) is 72.8 Å². The monoisotopic (exact) mass is 734 g/mol. The Bertz CT molecular complexity index is 1710. The van der Waals surface area contributed by atoms with Gasteiger partial charge in [0.05, 0.1) is 32.0 Å². The molecule has 0 aliphatic carbocycles. The Hall–Kier alpha value is -2.77. The normalized spacial score (nSPS) is 15.3. The molecule has 1 atom stereocenters. The van der Waals surface area contributed by atoms with Crippen molar-refractivity contribution in [3.63, 3.8) is 0 Å². The third-order valence-corrected chi connectivity index (χ3v) is 8.26. The maximum Gasteiger partial charge on any atom is 0.338 e. The van der Waals surface area contributed by atoms with E-state index in [9.17, 15) is 14.7 Å². The fourth-order valence-corrected chi connectivity index (χ4v) is 7.11. The van der Waals surface area contributed by atoms with Crippen LogP contribution in [-0.4, -0.2) is 22.2 Å². The van der Waals surface area contributed by atoms with Crippen molar-refractivity contribution in [1.82, 2.24) is 4.57 Å². The molecular weight excluding hydrogens is 714 g/mol. The van der Waals surface area contributed by atoms with Gasteiger partial charge in [0.2, 0.25) is 0 Å². The number of benzene rings is 3. The van der Waals surface area contributed by atoms with Gasteiger partial charge in [-0.1, -0.05) is 72.0 Å². The molecular formula is C28H20I2N2O4S. The number of carbonyl (C=O) groups excluding carboxylic acids is 1. The number of nitrogens with zero attached hydrogens (tertiary/aromatic N) is 2. The number of esters is 1. The van der Waals surface area contributed by atoms with Gasteiger partial charge < -0.3 is 9.84 Å². The smallest absolute Gasteiger partial charge is 0.338 e. The summed E-state index contributed by atoms with van der Waals surface area (Å²) in [6.07, 6.45) is 1.68. The van der Waals surface area contributed by atoms with Gasteiger partial charge in [-0.05, 0) is 75.9 Å². The third-order valence-electron chi connectivity index (χ3n) is 5.83. The number of aromatic nitrogens is 1. The molecule has 5 rings (SSSR count). The minimum atomic E-state index is -0.724. The lowest BCUT2D eigenvalue weighted by Crippen LogP contribution is -2.40. The molecule has 0 saturated heterocycles. The van der Waals surface area contributed by atoms with Gasteiger partial charge in [-0.15, -0.1) is 0 Å². The molecule has 0 bridgehead atoms. The van der Waals surface area contributed by atoms with Crippen LogP contribution >= 0.6 is 56.5 Å². The lowest BCUT2D eigenvalue weighted by molar-refractivity contribution is -0.138. The number of thiazole rings is 1. The van der Waals surface area contributed by atoms with Crippen molar-refractivity contribution in [2.24, 2.45) is 4.99 Å². The van der Waals surface area contributed by atoms with Crippen molar-refractivity contribution in [3.05, 3.63) is 122 Å². The van der Waals surface area contributed by atoms with E-state index >= 15 is 0 Å². The maximum atomic E-state index is 13.9. The van der Waals surface area contributed by atoms with Crippen molar-refractivity contribution in [1.29, 1.82) is 0 Å². The van der Waals surface area contributed by atoms with Gasteiger partial charge >= 0.3 is 5.97 Å². The Morgan fingerprint density at radius 2 is 1.78 bits per heavy atom. The quantitative estimate of drug-likeness (QED) is 0.235. The second-order valence-corrected chi connectivity index (χ2v) is 11.6. The molecule has 9 heteroatoms. The first kappa shape index (κ1) is 25.9. The predicted molar refractivity (Wildman–Crippen MR) is 161 cm³/mol. The van der Waals surface area contributed by atoms with E-state index in [-0.39, 0.29) is 17.9 Å². The van der Waals surface area contributed by atoms with Crippen LogP contribution in [0.15, 0.2) is 88.2 Å². The fourth-order valence-electron chi connectivity index (χ4n) is 4.23. The van der Waals surface area contributed by atoms with E-state index in [0.717, 1.165) is 14.7 Å². The number of phenols is 1. The van der Waals surface area contributed by atoms with E-state index in [2.05, 4.69) is 45.2 Å². The van der Waals surface area contributed by atoms with Gasteiger partial charge in [0.25, 0.3) is 5.56 Å². The molecule has 3 aromatic carbocycles. The molecule has 37 heavy (non-hydrogen) atoms. The average Bonchev–Trinajstić information content (AvgIpc) is 3.21. The number of phenolic OH excluding ortho intramolecular Hbond substituents is 1. The number of hydrogen-bond acceptors (Lipinski definition) is 6. The lowest BCUT2D eigenvalue weighted by atomic mass is 9.93. The molecule has 0 amide bonds. The minimum absolute atomic E-state index is 0.114. The van der Waals surface area contributed by atoms with Crippen molar-refractivity contribution < 1.29 is 14.6 Å². The molecule has 1 aliphatic heterocycles.